The van der Waals surface area contributed by atoms with Gasteiger partial charge in [-0.05, 0) is 32.8 Å². The molecule has 112 valence electrons. The lowest BCUT2D eigenvalue weighted by molar-refractivity contribution is -0.181. The van der Waals surface area contributed by atoms with Crippen molar-refractivity contribution in [2.45, 2.75) is 45.6 Å². The molecule has 2 rings (SSSR count). The van der Waals surface area contributed by atoms with Gasteiger partial charge in [0.15, 0.2) is 0 Å². The maximum Gasteiger partial charge on any atom is 0.221 e. The van der Waals surface area contributed by atoms with Crippen LogP contribution in [0.15, 0.2) is 6.07 Å². The first-order chi connectivity index (χ1) is 9.63. The molecule has 1 aromatic heterocycles. The summed E-state index contributed by atoms with van der Waals surface area (Å²) < 4.78 is 0. The van der Waals surface area contributed by atoms with Crippen LogP contribution in [0, 0.1) is 6.92 Å². The maximum absolute atomic E-state index is 11.9. The van der Waals surface area contributed by atoms with Crippen molar-refractivity contribution >= 4 is 5.91 Å². The van der Waals surface area contributed by atoms with E-state index >= 15 is 0 Å². The van der Waals surface area contributed by atoms with Crippen molar-refractivity contribution in [2.24, 2.45) is 0 Å². The fraction of sp³-hybridized carbons (Fsp3) is 0.714. The highest BCUT2D eigenvalue weighted by Gasteiger charge is 2.14. The fourth-order valence-electron chi connectivity index (χ4n) is 2.34. The van der Waals surface area contributed by atoms with E-state index in [2.05, 4.69) is 15.5 Å². The van der Waals surface area contributed by atoms with E-state index in [-0.39, 0.29) is 11.9 Å². The Morgan fingerprint density at radius 2 is 2.45 bits per heavy atom. The van der Waals surface area contributed by atoms with Gasteiger partial charge in [-0.2, -0.15) is 10.2 Å². The first-order valence-electron chi connectivity index (χ1n) is 7.31. The molecule has 1 amide bonds. The third-order valence-corrected chi connectivity index (χ3v) is 3.35. The fourth-order valence-corrected chi connectivity index (χ4v) is 2.34. The molecule has 0 spiro atoms. The Morgan fingerprint density at radius 1 is 1.60 bits per heavy atom. The van der Waals surface area contributed by atoms with Gasteiger partial charge in [-0.3, -0.25) is 14.7 Å². The second-order valence-electron chi connectivity index (χ2n) is 5.43. The van der Waals surface area contributed by atoms with E-state index in [0.717, 1.165) is 43.8 Å². The van der Waals surface area contributed by atoms with Crippen LogP contribution in [0.2, 0.25) is 0 Å². The molecular weight excluding hydrogens is 256 g/mol. The predicted octanol–water partition coefficient (Wildman–Crippen LogP) is 1.18. The number of carbonyl (C=O) groups excluding carboxylic acids is 1. The van der Waals surface area contributed by atoms with Crippen LogP contribution in [0.1, 0.15) is 37.6 Å². The molecule has 6 heteroatoms. The SMILES string of the molecule is Cc1cc(C[C@H](C)NC(=O)CCN2CCCCO2)n[nH]1. The smallest absolute Gasteiger partial charge is 0.221 e. The summed E-state index contributed by atoms with van der Waals surface area (Å²) in [5.74, 6) is 0.0685. The molecule has 0 saturated carbocycles. The molecule has 0 radical (unpaired) electrons. The number of carbonyl (C=O) groups is 1. The second-order valence-corrected chi connectivity index (χ2v) is 5.43. The number of aromatic nitrogens is 2. The monoisotopic (exact) mass is 280 g/mol. The molecule has 20 heavy (non-hydrogen) atoms. The van der Waals surface area contributed by atoms with E-state index in [1.54, 1.807) is 0 Å². The largest absolute Gasteiger partial charge is 0.353 e. The average Bonchev–Trinajstić information content (AvgIpc) is 2.83. The summed E-state index contributed by atoms with van der Waals surface area (Å²) in [5, 5.41) is 12.0. The summed E-state index contributed by atoms with van der Waals surface area (Å²) in [6, 6.07) is 2.09. The summed E-state index contributed by atoms with van der Waals surface area (Å²) in [5.41, 5.74) is 2.02. The number of hydrogen-bond acceptors (Lipinski definition) is 4. The van der Waals surface area contributed by atoms with Gasteiger partial charge in [-0.25, -0.2) is 0 Å². The highest BCUT2D eigenvalue weighted by atomic mass is 16.7. The predicted molar refractivity (Wildman–Crippen MR) is 76.0 cm³/mol. The number of rotatable bonds is 6. The van der Waals surface area contributed by atoms with Crippen LogP contribution in [-0.2, 0) is 16.1 Å². The molecule has 6 nitrogen and oxygen atoms in total. The maximum atomic E-state index is 11.9. The van der Waals surface area contributed by atoms with Gasteiger partial charge < -0.3 is 5.32 Å². The first kappa shape index (κ1) is 15.0. The minimum Gasteiger partial charge on any atom is -0.353 e. The van der Waals surface area contributed by atoms with Gasteiger partial charge in [0, 0.05) is 37.7 Å². The van der Waals surface area contributed by atoms with Crippen molar-refractivity contribution in [3.8, 4) is 0 Å². The molecule has 0 aromatic carbocycles. The quantitative estimate of drug-likeness (QED) is 0.821. The molecule has 1 aliphatic rings. The Bertz CT molecular complexity index is 427. The van der Waals surface area contributed by atoms with Gasteiger partial charge >= 0.3 is 0 Å². The Hall–Kier alpha value is -1.40. The van der Waals surface area contributed by atoms with Crippen LogP contribution in [0.25, 0.3) is 0 Å². The van der Waals surface area contributed by atoms with Crippen molar-refractivity contribution in [1.29, 1.82) is 0 Å². The van der Waals surface area contributed by atoms with Crippen molar-refractivity contribution < 1.29 is 9.63 Å². The summed E-state index contributed by atoms with van der Waals surface area (Å²) in [6.45, 7) is 6.34. The van der Waals surface area contributed by atoms with Gasteiger partial charge in [0.05, 0.1) is 12.3 Å². The number of H-pyrrole nitrogens is 1. The van der Waals surface area contributed by atoms with E-state index in [4.69, 9.17) is 4.84 Å². The van der Waals surface area contributed by atoms with Gasteiger partial charge in [0.25, 0.3) is 0 Å². The molecule has 2 N–H and O–H groups in total. The molecule has 0 aliphatic carbocycles. The summed E-state index contributed by atoms with van der Waals surface area (Å²) in [4.78, 5) is 17.3. The molecule has 1 atom stereocenters. The molecule has 1 fully saturated rings. The van der Waals surface area contributed by atoms with Crippen molar-refractivity contribution in [2.75, 3.05) is 19.7 Å². The zero-order chi connectivity index (χ0) is 14.4. The zero-order valence-electron chi connectivity index (χ0n) is 12.3. The number of hydrogen-bond donors (Lipinski definition) is 2. The van der Waals surface area contributed by atoms with E-state index < -0.39 is 0 Å². The Labute approximate surface area is 119 Å². The lowest BCUT2D eigenvalue weighted by atomic mass is 10.1. The normalized spacial score (nSPS) is 17.9. The van der Waals surface area contributed by atoms with Crippen LogP contribution in [-0.4, -0.2) is 46.9 Å². The lowest BCUT2D eigenvalue weighted by Crippen LogP contribution is -2.38. The van der Waals surface area contributed by atoms with E-state index in [0.29, 0.717) is 13.0 Å². The van der Waals surface area contributed by atoms with Gasteiger partial charge in [0.2, 0.25) is 5.91 Å². The third kappa shape index (κ3) is 4.94. The van der Waals surface area contributed by atoms with Crippen LogP contribution < -0.4 is 5.32 Å². The Balaban J connectivity index is 1.65. The molecule has 1 aromatic rings. The first-order valence-corrected chi connectivity index (χ1v) is 7.31. The summed E-state index contributed by atoms with van der Waals surface area (Å²) >= 11 is 0. The third-order valence-electron chi connectivity index (χ3n) is 3.35. The van der Waals surface area contributed by atoms with Crippen LogP contribution in [0.5, 0.6) is 0 Å². The molecule has 1 aliphatic heterocycles. The number of hydroxylamine groups is 2. The summed E-state index contributed by atoms with van der Waals surface area (Å²) in [7, 11) is 0. The lowest BCUT2D eigenvalue weighted by Gasteiger charge is -2.25. The molecule has 0 unspecified atom stereocenters. The molecule has 2 heterocycles. The number of nitrogens with zero attached hydrogens (tertiary/aromatic N) is 2. The minimum atomic E-state index is 0.0685. The zero-order valence-corrected chi connectivity index (χ0v) is 12.3. The molecule has 0 bridgehead atoms. The van der Waals surface area contributed by atoms with Crippen LogP contribution in [0.4, 0.5) is 0 Å². The van der Waals surface area contributed by atoms with E-state index in [1.165, 1.54) is 0 Å². The highest BCUT2D eigenvalue weighted by Crippen LogP contribution is 2.06. The van der Waals surface area contributed by atoms with E-state index in [1.807, 2.05) is 25.0 Å². The van der Waals surface area contributed by atoms with Crippen LogP contribution in [0.3, 0.4) is 0 Å². The number of aromatic amines is 1. The van der Waals surface area contributed by atoms with Gasteiger partial charge in [0.1, 0.15) is 0 Å². The number of nitrogens with one attached hydrogen (secondary N) is 2. The van der Waals surface area contributed by atoms with E-state index in [9.17, 15) is 4.79 Å². The minimum absolute atomic E-state index is 0.0685. The van der Waals surface area contributed by atoms with Crippen LogP contribution >= 0.6 is 0 Å². The highest BCUT2D eigenvalue weighted by molar-refractivity contribution is 5.76. The average molecular weight is 280 g/mol. The number of amides is 1. The van der Waals surface area contributed by atoms with Crippen molar-refractivity contribution in [3.63, 3.8) is 0 Å². The topological polar surface area (TPSA) is 70.2 Å². The summed E-state index contributed by atoms with van der Waals surface area (Å²) in [6.07, 6.45) is 3.49. The second kappa shape index (κ2) is 7.40. The molecule has 1 saturated heterocycles. The Kier molecular flexibility index (Phi) is 5.55. The van der Waals surface area contributed by atoms with Crippen molar-refractivity contribution in [3.05, 3.63) is 17.5 Å². The number of aryl methyl sites for hydroxylation is 1. The Morgan fingerprint density at radius 3 is 3.10 bits per heavy atom. The van der Waals surface area contributed by atoms with Gasteiger partial charge in [-0.15, -0.1) is 0 Å². The van der Waals surface area contributed by atoms with Gasteiger partial charge in [-0.1, -0.05) is 0 Å². The molecular formula is C14H24N4O2. The van der Waals surface area contributed by atoms with Crippen molar-refractivity contribution in [1.82, 2.24) is 20.6 Å². The standard InChI is InChI=1S/C14H24N4O2/c1-11(9-13-10-12(2)16-17-13)15-14(19)5-7-18-6-3-4-8-20-18/h10-11H,3-9H2,1-2H3,(H,15,19)(H,16,17)/t11-/m0/s1.